The van der Waals surface area contributed by atoms with Crippen LogP contribution in [-0.2, 0) is 6.42 Å². The number of phenolic OH excluding ortho intramolecular Hbond substituents is 2. The Morgan fingerprint density at radius 3 is 2.50 bits per heavy atom. The lowest BCUT2D eigenvalue weighted by atomic mass is 10.1. The van der Waals surface area contributed by atoms with E-state index in [-0.39, 0.29) is 11.5 Å². The van der Waals surface area contributed by atoms with Crippen LogP contribution in [0.25, 0.3) is 0 Å². The fourth-order valence-corrected chi connectivity index (χ4v) is 1.31. The number of aromatic hydroxyl groups is 2. The minimum Gasteiger partial charge on any atom is -0.508 e. The van der Waals surface area contributed by atoms with Gasteiger partial charge in [0.1, 0.15) is 17.3 Å². The van der Waals surface area contributed by atoms with Gasteiger partial charge in [0, 0.05) is 12.0 Å². The second-order valence-electron chi connectivity index (χ2n) is 3.07. The zero-order chi connectivity index (χ0) is 12.0. The van der Waals surface area contributed by atoms with Gasteiger partial charge in [-0.05, 0) is 30.3 Å². The van der Waals surface area contributed by atoms with Crippen molar-refractivity contribution < 1.29 is 14.6 Å². The van der Waals surface area contributed by atoms with Crippen molar-refractivity contribution in [2.75, 3.05) is 0 Å². The summed E-state index contributed by atoms with van der Waals surface area (Å²) in [5, 5.41) is 18.7. The Labute approximate surface area is 95.0 Å². The smallest absolute Gasteiger partial charge is 0.119 e. The molecule has 0 unspecified atom stereocenters. The number of rotatable bonds is 2. The van der Waals surface area contributed by atoms with Crippen molar-refractivity contribution in [1.82, 2.24) is 0 Å². The van der Waals surface area contributed by atoms with Gasteiger partial charge in [-0.3, -0.25) is 0 Å². The zero-order valence-electron chi connectivity index (χ0n) is 9.47. The largest absolute Gasteiger partial charge is 0.508 e. The van der Waals surface area contributed by atoms with Crippen molar-refractivity contribution in [3.8, 4) is 11.5 Å². The van der Waals surface area contributed by atoms with E-state index in [0.29, 0.717) is 12.0 Å². The molecule has 0 saturated carbocycles. The van der Waals surface area contributed by atoms with Crippen LogP contribution in [-0.4, -0.2) is 10.2 Å². The minimum atomic E-state index is 0.143. The SMILES string of the molecule is CC.Oc1ccc(O)c(Cc2ccco2)c1. The summed E-state index contributed by atoms with van der Waals surface area (Å²) in [5.41, 5.74) is 0.653. The first kappa shape index (κ1) is 12.2. The standard InChI is InChI=1S/C11H10O3.C2H6/c12-9-3-4-11(13)8(6-9)7-10-2-1-5-14-10;1-2/h1-6,12-13H,7H2;1-2H3. The first-order valence-electron chi connectivity index (χ1n) is 5.29. The van der Waals surface area contributed by atoms with Gasteiger partial charge in [-0.2, -0.15) is 0 Å². The van der Waals surface area contributed by atoms with Crippen LogP contribution in [0.5, 0.6) is 11.5 Å². The highest BCUT2D eigenvalue weighted by atomic mass is 16.3. The molecule has 2 rings (SSSR count). The van der Waals surface area contributed by atoms with E-state index in [4.69, 9.17) is 4.42 Å². The molecule has 1 aromatic carbocycles. The Hall–Kier alpha value is -1.90. The van der Waals surface area contributed by atoms with Crippen LogP contribution in [0.2, 0.25) is 0 Å². The maximum Gasteiger partial charge on any atom is 0.119 e. The summed E-state index contributed by atoms with van der Waals surface area (Å²) in [4.78, 5) is 0. The van der Waals surface area contributed by atoms with Crippen molar-refractivity contribution in [1.29, 1.82) is 0 Å². The van der Waals surface area contributed by atoms with Crippen molar-refractivity contribution >= 4 is 0 Å². The molecule has 0 spiro atoms. The summed E-state index contributed by atoms with van der Waals surface area (Å²) in [5.74, 6) is 1.06. The Morgan fingerprint density at radius 1 is 1.12 bits per heavy atom. The fourth-order valence-electron chi connectivity index (χ4n) is 1.31. The zero-order valence-corrected chi connectivity index (χ0v) is 9.47. The molecule has 1 heterocycles. The number of hydrogen-bond donors (Lipinski definition) is 2. The van der Waals surface area contributed by atoms with Crippen molar-refractivity contribution in [3.05, 3.63) is 47.9 Å². The molecule has 0 fully saturated rings. The summed E-state index contributed by atoms with van der Waals surface area (Å²) >= 11 is 0. The van der Waals surface area contributed by atoms with Gasteiger partial charge in [-0.15, -0.1) is 0 Å². The molecule has 0 atom stereocenters. The van der Waals surface area contributed by atoms with Crippen LogP contribution >= 0.6 is 0 Å². The van der Waals surface area contributed by atoms with Gasteiger partial charge in [0.25, 0.3) is 0 Å². The first-order valence-corrected chi connectivity index (χ1v) is 5.29. The van der Waals surface area contributed by atoms with E-state index < -0.39 is 0 Å². The average Bonchev–Trinajstić information content (AvgIpc) is 2.79. The quantitative estimate of drug-likeness (QED) is 0.763. The van der Waals surface area contributed by atoms with Gasteiger partial charge >= 0.3 is 0 Å². The summed E-state index contributed by atoms with van der Waals surface area (Å²) in [7, 11) is 0. The third kappa shape index (κ3) is 3.05. The van der Waals surface area contributed by atoms with Crippen molar-refractivity contribution in [3.63, 3.8) is 0 Å². The minimum absolute atomic E-state index is 0.143. The van der Waals surface area contributed by atoms with E-state index in [0.717, 1.165) is 5.76 Å². The van der Waals surface area contributed by atoms with Gasteiger partial charge in [-0.1, -0.05) is 13.8 Å². The highest BCUT2D eigenvalue weighted by molar-refractivity contribution is 5.40. The number of hydrogen-bond acceptors (Lipinski definition) is 3. The Balaban J connectivity index is 0.000000606. The fraction of sp³-hybridized carbons (Fsp3) is 0.231. The molecule has 0 aliphatic carbocycles. The second-order valence-corrected chi connectivity index (χ2v) is 3.07. The molecule has 1 aromatic heterocycles. The molecule has 3 heteroatoms. The third-order valence-corrected chi connectivity index (χ3v) is 2.01. The van der Waals surface area contributed by atoms with Crippen molar-refractivity contribution in [2.24, 2.45) is 0 Å². The average molecular weight is 220 g/mol. The molecular formula is C13H16O3. The lowest BCUT2D eigenvalue weighted by molar-refractivity contribution is 0.451. The molecule has 3 nitrogen and oxygen atoms in total. The molecule has 0 amide bonds. The Kier molecular flexibility index (Phi) is 4.45. The highest BCUT2D eigenvalue weighted by Gasteiger charge is 2.05. The maximum atomic E-state index is 9.48. The van der Waals surface area contributed by atoms with E-state index >= 15 is 0 Å². The van der Waals surface area contributed by atoms with Crippen LogP contribution in [0.3, 0.4) is 0 Å². The van der Waals surface area contributed by atoms with Gasteiger partial charge in [0.15, 0.2) is 0 Å². The Morgan fingerprint density at radius 2 is 1.88 bits per heavy atom. The van der Waals surface area contributed by atoms with E-state index in [1.165, 1.54) is 18.2 Å². The Bertz CT molecular complexity index is 419. The van der Waals surface area contributed by atoms with E-state index in [2.05, 4.69) is 0 Å². The molecule has 2 aromatic rings. The molecule has 0 bridgehead atoms. The molecule has 0 aliphatic heterocycles. The molecule has 0 saturated heterocycles. The topological polar surface area (TPSA) is 53.6 Å². The number of phenols is 2. The van der Waals surface area contributed by atoms with Gasteiger partial charge in [0.05, 0.1) is 6.26 Å². The van der Waals surface area contributed by atoms with E-state index in [9.17, 15) is 10.2 Å². The molecule has 16 heavy (non-hydrogen) atoms. The molecule has 86 valence electrons. The van der Waals surface area contributed by atoms with Gasteiger partial charge in [0.2, 0.25) is 0 Å². The number of furan rings is 1. The van der Waals surface area contributed by atoms with Gasteiger partial charge < -0.3 is 14.6 Å². The molecule has 2 N–H and O–H groups in total. The second kappa shape index (κ2) is 5.85. The summed E-state index contributed by atoms with van der Waals surface area (Å²) < 4.78 is 5.14. The van der Waals surface area contributed by atoms with Crippen LogP contribution in [0.1, 0.15) is 25.2 Å². The van der Waals surface area contributed by atoms with E-state index in [1.54, 1.807) is 12.3 Å². The predicted molar refractivity (Wildman–Crippen MR) is 62.6 cm³/mol. The lowest BCUT2D eigenvalue weighted by Crippen LogP contribution is -1.86. The monoisotopic (exact) mass is 220 g/mol. The summed E-state index contributed by atoms with van der Waals surface area (Å²) in [6, 6.07) is 8.05. The normalized spacial score (nSPS) is 9.38. The third-order valence-electron chi connectivity index (χ3n) is 2.01. The molecular weight excluding hydrogens is 204 g/mol. The van der Waals surface area contributed by atoms with Crippen LogP contribution < -0.4 is 0 Å². The maximum absolute atomic E-state index is 9.48. The van der Waals surface area contributed by atoms with Crippen LogP contribution in [0, 0.1) is 0 Å². The molecule has 0 aliphatic rings. The number of benzene rings is 1. The van der Waals surface area contributed by atoms with Gasteiger partial charge in [-0.25, -0.2) is 0 Å². The summed E-state index contributed by atoms with van der Waals surface area (Å²) in [6.07, 6.45) is 2.06. The highest BCUT2D eigenvalue weighted by Crippen LogP contribution is 2.24. The molecule has 0 radical (unpaired) electrons. The van der Waals surface area contributed by atoms with Crippen molar-refractivity contribution in [2.45, 2.75) is 20.3 Å². The van der Waals surface area contributed by atoms with E-state index in [1.807, 2.05) is 19.9 Å². The summed E-state index contributed by atoms with van der Waals surface area (Å²) in [6.45, 7) is 4.00. The van der Waals surface area contributed by atoms with Crippen LogP contribution in [0.4, 0.5) is 0 Å². The first-order chi connectivity index (χ1) is 7.75. The van der Waals surface area contributed by atoms with Crippen LogP contribution in [0.15, 0.2) is 41.0 Å². The lowest BCUT2D eigenvalue weighted by Gasteiger charge is -2.02. The predicted octanol–water partition coefficient (Wildman–Crippen LogP) is 3.31.